The van der Waals surface area contributed by atoms with E-state index >= 15 is 0 Å². The molecule has 1 atom stereocenters. The summed E-state index contributed by atoms with van der Waals surface area (Å²) in [5.41, 5.74) is -1.34. The highest BCUT2D eigenvalue weighted by Gasteiger charge is 2.35. The van der Waals surface area contributed by atoms with Crippen molar-refractivity contribution in [1.29, 1.82) is 0 Å². The topological polar surface area (TPSA) is 58.2 Å². The van der Waals surface area contributed by atoms with Crippen molar-refractivity contribution in [2.75, 3.05) is 11.9 Å². The van der Waals surface area contributed by atoms with Crippen molar-refractivity contribution in [3.63, 3.8) is 0 Å². The summed E-state index contributed by atoms with van der Waals surface area (Å²) in [4.78, 5) is 23.0. The van der Waals surface area contributed by atoms with Crippen LogP contribution in [0.15, 0.2) is 18.2 Å². The summed E-state index contributed by atoms with van der Waals surface area (Å²) in [6.07, 6.45) is -4.12. The van der Waals surface area contributed by atoms with E-state index < -0.39 is 23.6 Å². The van der Waals surface area contributed by atoms with Gasteiger partial charge < -0.3 is 10.6 Å². The highest BCUT2D eigenvalue weighted by Crippen LogP contribution is 2.36. The van der Waals surface area contributed by atoms with Crippen LogP contribution in [0.1, 0.15) is 18.4 Å². The Bertz CT molecular complexity index is 565. The molecule has 0 saturated carbocycles. The fourth-order valence-electron chi connectivity index (χ4n) is 2.05. The lowest BCUT2D eigenvalue weighted by Gasteiger charge is -2.22. The van der Waals surface area contributed by atoms with Crippen molar-refractivity contribution in [3.8, 4) is 0 Å². The molecule has 1 aliphatic heterocycles. The molecule has 1 aromatic rings. The number of halogens is 4. The number of nitrogens with one attached hydrogen (secondary N) is 2. The van der Waals surface area contributed by atoms with Crippen LogP contribution in [-0.4, -0.2) is 18.4 Å². The van der Waals surface area contributed by atoms with Gasteiger partial charge in [-0.15, -0.1) is 0 Å². The van der Waals surface area contributed by atoms with Crippen LogP contribution in [0.25, 0.3) is 0 Å². The van der Waals surface area contributed by atoms with Crippen LogP contribution in [0.2, 0.25) is 5.02 Å². The normalized spacial score (nSPS) is 19.0. The zero-order chi connectivity index (χ0) is 15.6. The van der Waals surface area contributed by atoms with Gasteiger partial charge in [0.05, 0.1) is 17.2 Å². The van der Waals surface area contributed by atoms with Crippen LogP contribution in [0.5, 0.6) is 0 Å². The Morgan fingerprint density at radius 1 is 1.38 bits per heavy atom. The van der Waals surface area contributed by atoms with E-state index in [2.05, 4.69) is 10.6 Å². The molecule has 1 heterocycles. The van der Waals surface area contributed by atoms with Crippen LogP contribution in [0.3, 0.4) is 0 Å². The second-order valence-electron chi connectivity index (χ2n) is 4.72. The molecule has 0 spiro atoms. The zero-order valence-electron chi connectivity index (χ0n) is 10.8. The third-order valence-corrected chi connectivity index (χ3v) is 3.42. The maximum absolute atomic E-state index is 12.9. The van der Waals surface area contributed by atoms with Crippen molar-refractivity contribution in [2.45, 2.75) is 19.0 Å². The molecular weight excluding hydrogens is 309 g/mol. The Labute approximate surface area is 123 Å². The largest absolute Gasteiger partial charge is 0.418 e. The lowest BCUT2D eigenvalue weighted by atomic mass is 9.98. The minimum atomic E-state index is -4.62. The SMILES string of the molecule is O=C1CCC(C(=O)Nc2ccc(Cl)cc2C(F)(F)F)CN1. The van der Waals surface area contributed by atoms with Crippen LogP contribution in [-0.2, 0) is 15.8 Å². The molecule has 1 unspecified atom stereocenters. The second-order valence-corrected chi connectivity index (χ2v) is 5.15. The van der Waals surface area contributed by atoms with Crippen molar-refractivity contribution in [1.82, 2.24) is 5.32 Å². The first-order valence-electron chi connectivity index (χ1n) is 6.21. The van der Waals surface area contributed by atoms with Crippen LogP contribution >= 0.6 is 11.6 Å². The van der Waals surface area contributed by atoms with E-state index in [0.29, 0.717) is 6.42 Å². The molecular formula is C13H12ClF3N2O2. The van der Waals surface area contributed by atoms with Gasteiger partial charge in [-0.3, -0.25) is 9.59 Å². The molecule has 2 N–H and O–H groups in total. The van der Waals surface area contributed by atoms with E-state index in [-0.39, 0.29) is 29.6 Å². The van der Waals surface area contributed by atoms with E-state index in [9.17, 15) is 22.8 Å². The summed E-state index contributed by atoms with van der Waals surface area (Å²) in [5.74, 6) is -1.26. The minimum absolute atomic E-state index is 0.0646. The number of rotatable bonds is 2. The van der Waals surface area contributed by atoms with Gasteiger partial charge in [0, 0.05) is 18.0 Å². The molecule has 1 aromatic carbocycles. The van der Waals surface area contributed by atoms with E-state index in [0.717, 1.165) is 12.1 Å². The molecule has 2 rings (SSSR count). The highest BCUT2D eigenvalue weighted by atomic mass is 35.5. The van der Waals surface area contributed by atoms with Crippen LogP contribution < -0.4 is 10.6 Å². The van der Waals surface area contributed by atoms with Gasteiger partial charge in [-0.2, -0.15) is 13.2 Å². The van der Waals surface area contributed by atoms with Crippen molar-refractivity contribution in [3.05, 3.63) is 28.8 Å². The predicted molar refractivity (Wildman–Crippen MR) is 70.8 cm³/mol. The number of carbonyl (C=O) groups excluding carboxylic acids is 2. The Kier molecular flexibility index (Phi) is 4.41. The maximum Gasteiger partial charge on any atom is 0.418 e. The first kappa shape index (κ1) is 15.6. The Morgan fingerprint density at radius 2 is 2.10 bits per heavy atom. The van der Waals surface area contributed by atoms with Crippen LogP contribution in [0, 0.1) is 5.92 Å². The van der Waals surface area contributed by atoms with Crippen LogP contribution in [0.4, 0.5) is 18.9 Å². The lowest BCUT2D eigenvalue weighted by Crippen LogP contribution is -2.40. The fourth-order valence-corrected chi connectivity index (χ4v) is 2.22. The third-order valence-electron chi connectivity index (χ3n) is 3.18. The molecule has 1 saturated heterocycles. The highest BCUT2D eigenvalue weighted by molar-refractivity contribution is 6.30. The zero-order valence-corrected chi connectivity index (χ0v) is 11.5. The number of alkyl halides is 3. The third kappa shape index (κ3) is 3.87. The Hall–Kier alpha value is -1.76. The lowest BCUT2D eigenvalue weighted by molar-refractivity contribution is -0.137. The van der Waals surface area contributed by atoms with Gasteiger partial charge in [0.2, 0.25) is 11.8 Å². The smallest absolute Gasteiger partial charge is 0.355 e. The van der Waals surface area contributed by atoms with Gasteiger partial charge in [-0.25, -0.2) is 0 Å². The van der Waals surface area contributed by atoms with Crippen molar-refractivity contribution < 1.29 is 22.8 Å². The number of carbonyl (C=O) groups is 2. The Balaban J connectivity index is 2.16. The van der Waals surface area contributed by atoms with Gasteiger partial charge in [0.15, 0.2) is 0 Å². The molecule has 114 valence electrons. The Morgan fingerprint density at radius 3 is 2.67 bits per heavy atom. The first-order valence-corrected chi connectivity index (χ1v) is 6.59. The number of piperidine rings is 1. The monoisotopic (exact) mass is 320 g/mol. The molecule has 0 aliphatic carbocycles. The molecule has 4 nitrogen and oxygen atoms in total. The van der Waals surface area contributed by atoms with Crippen molar-refractivity contribution >= 4 is 29.1 Å². The maximum atomic E-state index is 12.9. The average molecular weight is 321 g/mol. The average Bonchev–Trinajstić information content (AvgIpc) is 2.40. The summed E-state index contributed by atoms with van der Waals surface area (Å²) in [6, 6.07) is 3.15. The number of hydrogen-bond donors (Lipinski definition) is 2. The van der Waals surface area contributed by atoms with E-state index in [4.69, 9.17) is 11.6 Å². The second kappa shape index (κ2) is 5.93. The fraction of sp³-hybridized carbons (Fsp3) is 0.385. The molecule has 0 bridgehead atoms. The minimum Gasteiger partial charge on any atom is -0.355 e. The predicted octanol–water partition coefficient (Wildman–Crippen LogP) is 2.82. The first-order chi connectivity index (χ1) is 9.77. The molecule has 0 aromatic heterocycles. The molecule has 21 heavy (non-hydrogen) atoms. The van der Waals surface area contributed by atoms with Gasteiger partial charge in [-0.05, 0) is 24.6 Å². The summed E-state index contributed by atoms with van der Waals surface area (Å²) in [5, 5.41) is 4.71. The van der Waals surface area contributed by atoms with E-state index in [1.807, 2.05) is 0 Å². The quantitative estimate of drug-likeness (QED) is 0.880. The van der Waals surface area contributed by atoms with Gasteiger partial charge in [0.25, 0.3) is 0 Å². The molecule has 1 aliphatic rings. The van der Waals surface area contributed by atoms with Gasteiger partial charge in [-0.1, -0.05) is 11.6 Å². The van der Waals surface area contributed by atoms with E-state index in [1.165, 1.54) is 6.07 Å². The molecule has 8 heteroatoms. The standard InChI is InChI=1S/C13H12ClF3N2O2/c14-8-2-3-10(9(5-8)13(15,16)17)19-12(21)7-1-4-11(20)18-6-7/h2-3,5,7H,1,4,6H2,(H,18,20)(H,19,21). The number of hydrogen-bond acceptors (Lipinski definition) is 2. The molecule has 1 fully saturated rings. The van der Waals surface area contributed by atoms with Crippen molar-refractivity contribution in [2.24, 2.45) is 5.92 Å². The molecule has 0 radical (unpaired) electrons. The number of amides is 2. The summed E-state index contributed by atoms with van der Waals surface area (Å²) < 4.78 is 38.7. The summed E-state index contributed by atoms with van der Waals surface area (Å²) >= 11 is 5.56. The molecule has 2 amide bonds. The van der Waals surface area contributed by atoms with E-state index in [1.54, 1.807) is 0 Å². The van der Waals surface area contributed by atoms with Gasteiger partial charge in [0.1, 0.15) is 0 Å². The summed E-state index contributed by atoms with van der Waals surface area (Å²) in [6.45, 7) is 0.125. The summed E-state index contributed by atoms with van der Waals surface area (Å²) in [7, 11) is 0. The number of anilines is 1. The van der Waals surface area contributed by atoms with Gasteiger partial charge >= 0.3 is 6.18 Å². The number of benzene rings is 1.